The number of nitrogen functional groups attached to an aromatic ring is 1. The SMILES string of the molecule is CS(=O)(=O)c1nc(N)cc(Oc2ccc(C3=NN=C(Cc4cccc(C(F)(F)F)c4)C3)cc2)n1. The monoisotopic (exact) mass is 489 g/mol. The maximum absolute atomic E-state index is 12.9. The van der Waals surface area contributed by atoms with Gasteiger partial charge in [0.25, 0.3) is 5.16 Å². The Hall–Kier alpha value is -3.80. The van der Waals surface area contributed by atoms with Gasteiger partial charge in [0.2, 0.25) is 15.7 Å². The van der Waals surface area contributed by atoms with Gasteiger partial charge in [-0.2, -0.15) is 28.4 Å². The minimum Gasteiger partial charge on any atom is -0.439 e. The molecule has 3 aromatic rings. The number of hydrogen-bond acceptors (Lipinski definition) is 8. The highest BCUT2D eigenvalue weighted by Crippen LogP contribution is 2.30. The predicted octanol–water partition coefficient (Wildman–Crippen LogP) is 4.06. The Morgan fingerprint density at radius 1 is 1.03 bits per heavy atom. The molecule has 12 heteroatoms. The zero-order valence-corrected chi connectivity index (χ0v) is 18.6. The van der Waals surface area contributed by atoms with Crippen LogP contribution in [0.5, 0.6) is 11.6 Å². The summed E-state index contributed by atoms with van der Waals surface area (Å²) in [6.45, 7) is 0. The lowest BCUT2D eigenvalue weighted by atomic mass is 10.00. The smallest absolute Gasteiger partial charge is 0.416 e. The van der Waals surface area contributed by atoms with Crippen molar-refractivity contribution in [1.82, 2.24) is 9.97 Å². The summed E-state index contributed by atoms with van der Waals surface area (Å²) in [5, 5.41) is 7.83. The Morgan fingerprint density at radius 2 is 1.76 bits per heavy atom. The molecule has 0 amide bonds. The number of anilines is 1. The number of rotatable bonds is 6. The summed E-state index contributed by atoms with van der Waals surface area (Å²) in [5.41, 5.74) is 7.52. The second kappa shape index (κ2) is 8.86. The summed E-state index contributed by atoms with van der Waals surface area (Å²) in [5.74, 6) is 0.309. The molecule has 176 valence electrons. The Kier molecular flexibility index (Phi) is 6.09. The van der Waals surface area contributed by atoms with Crippen molar-refractivity contribution in [3.05, 3.63) is 71.3 Å². The van der Waals surface area contributed by atoms with Gasteiger partial charge in [0.1, 0.15) is 11.6 Å². The molecule has 34 heavy (non-hydrogen) atoms. The molecular formula is C22H18F3N5O3S. The fraction of sp³-hybridized carbons (Fsp3) is 0.182. The summed E-state index contributed by atoms with van der Waals surface area (Å²) in [6.07, 6.45) is -2.78. The number of ether oxygens (including phenoxy) is 1. The van der Waals surface area contributed by atoms with Crippen molar-refractivity contribution in [3.63, 3.8) is 0 Å². The molecular weight excluding hydrogens is 471 g/mol. The Bertz CT molecular complexity index is 1400. The average molecular weight is 489 g/mol. The van der Waals surface area contributed by atoms with Crippen LogP contribution in [-0.2, 0) is 22.4 Å². The van der Waals surface area contributed by atoms with Gasteiger partial charge in [0.15, 0.2) is 0 Å². The van der Waals surface area contributed by atoms with Crippen molar-refractivity contribution < 1.29 is 26.3 Å². The number of benzene rings is 2. The van der Waals surface area contributed by atoms with Crippen molar-refractivity contribution in [2.75, 3.05) is 12.0 Å². The van der Waals surface area contributed by atoms with E-state index in [-0.39, 0.29) is 18.1 Å². The van der Waals surface area contributed by atoms with Crippen LogP contribution in [0.3, 0.4) is 0 Å². The fourth-order valence-corrected chi connectivity index (χ4v) is 3.75. The molecule has 0 bridgehead atoms. The zero-order valence-electron chi connectivity index (χ0n) is 17.7. The van der Waals surface area contributed by atoms with Gasteiger partial charge in [-0.1, -0.05) is 18.2 Å². The van der Waals surface area contributed by atoms with E-state index in [2.05, 4.69) is 20.2 Å². The van der Waals surface area contributed by atoms with E-state index < -0.39 is 26.7 Å². The number of halogens is 3. The highest BCUT2D eigenvalue weighted by molar-refractivity contribution is 7.90. The van der Waals surface area contributed by atoms with E-state index in [0.717, 1.165) is 24.0 Å². The molecule has 0 saturated carbocycles. The van der Waals surface area contributed by atoms with Crippen LogP contribution in [0.1, 0.15) is 23.1 Å². The van der Waals surface area contributed by atoms with Crippen LogP contribution < -0.4 is 10.5 Å². The first kappa shape index (κ1) is 23.4. The number of alkyl halides is 3. The number of nitrogens with zero attached hydrogens (tertiary/aromatic N) is 4. The summed E-state index contributed by atoms with van der Waals surface area (Å²) >= 11 is 0. The number of aromatic nitrogens is 2. The van der Waals surface area contributed by atoms with Crippen LogP contribution in [0.4, 0.5) is 19.0 Å². The van der Waals surface area contributed by atoms with Gasteiger partial charge in [0, 0.05) is 25.2 Å². The largest absolute Gasteiger partial charge is 0.439 e. The second-order valence-corrected chi connectivity index (χ2v) is 9.49. The molecule has 0 unspecified atom stereocenters. The molecule has 2 N–H and O–H groups in total. The predicted molar refractivity (Wildman–Crippen MR) is 120 cm³/mol. The molecule has 0 radical (unpaired) electrons. The minimum atomic E-state index is -4.40. The maximum Gasteiger partial charge on any atom is 0.416 e. The first-order chi connectivity index (χ1) is 16.0. The van der Waals surface area contributed by atoms with E-state index in [1.54, 1.807) is 30.3 Å². The van der Waals surface area contributed by atoms with Crippen molar-refractivity contribution in [3.8, 4) is 11.6 Å². The highest BCUT2D eigenvalue weighted by atomic mass is 32.2. The molecule has 0 atom stereocenters. The number of sulfone groups is 1. The lowest BCUT2D eigenvalue weighted by molar-refractivity contribution is -0.137. The van der Waals surface area contributed by atoms with Gasteiger partial charge in [-0.3, -0.25) is 0 Å². The van der Waals surface area contributed by atoms with Gasteiger partial charge in [0.05, 0.1) is 17.0 Å². The Labute approximate surface area is 193 Å². The number of hydrogen-bond donors (Lipinski definition) is 1. The van der Waals surface area contributed by atoms with E-state index in [9.17, 15) is 21.6 Å². The van der Waals surface area contributed by atoms with E-state index in [0.29, 0.717) is 29.2 Å². The third-order valence-corrected chi connectivity index (χ3v) is 5.64. The van der Waals surface area contributed by atoms with Crippen LogP contribution in [-0.4, -0.2) is 36.1 Å². The van der Waals surface area contributed by atoms with Crippen molar-refractivity contribution >= 4 is 27.1 Å². The molecule has 1 aliphatic heterocycles. The lowest BCUT2D eigenvalue weighted by Crippen LogP contribution is -2.09. The van der Waals surface area contributed by atoms with E-state index in [1.165, 1.54) is 12.1 Å². The van der Waals surface area contributed by atoms with Crippen LogP contribution in [0.25, 0.3) is 0 Å². The quantitative estimate of drug-likeness (QED) is 0.522. The molecule has 4 rings (SSSR count). The van der Waals surface area contributed by atoms with Crippen molar-refractivity contribution in [2.45, 2.75) is 24.2 Å². The molecule has 1 aliphatic rings. The van der Waals surface area contributed by atoms with Gasteiger partial charge >= 0.3 is 6.18 Å². The fourth-order valence-electron chi connectivity index (χ4n) is 3.22. The normalized spacial score (nSPS) is 14.0. The van der Waals surface area contributed by atoms with Crippen LogP contribution >= 0.6 is 0 Å². The molecule has 2 aromatic carbocycles. The topological polar surface area (TPSA) is 120 Å². The van der Waals surface area contributed by atoms with Crippen LogP contribution in [0.15, 0.2) is 70.0 Å². The van der Waals surface area contributed by atoms with Gasteiger partial charge in [-0.25, -0.2) is 13.4 Å². The second-order valence-electron chi connectivity index (χ2n) is 7.58. The summed E-state index contributed by atoms with van der Waals surface area (Å²) < 4.78 is 67.7. The van der Waals surface area contributed by atoms with Gasteiger partial charge < -0.3 is 10.5 Å². The summed E-state index contributed by atoms with van der Waals surface area (Å²) in [7, 11) is -3.66. The van der Waals surface area contributed by atoms with E-state index in [1.807, 2.05) is 0 Å². The molecule has 2 heterocycles. The third-order valence-electron chi connectivity index (χ3n) is 4.79. The van der Waals surface area contributed by atoms with E-state index >= 15 is 0 Å². The lowest BCUT2D eigenvalue weighted by Gasteiger charge is -2.09. The average Bonchev–Trinajstić information content (AvgIpc) is 3.21. The number of nitrogens with two attached hydrogens (primary N) is 1. The zero-order chi connectivity index (χ0) is 24.5. The Balaban J connectivity index is 1.41. The molecule has 0 saturated heterocycles. The van der Waals surface area contributed by atoms with Crippen LogP contribution in [0.2, 0.25) is 0 Å². The third kappa shape index (κ3) is 5.57. The molecule has 0 aliphatic carbocycles. The van der Waals surface area contributed by atoms with Gasteiger partial charge in [-0.15, -0.1) is 0 Å². The summed E-state index contributed by atoms with van der Waals surface area (Å²) in [4.78, 5) is 7.54. The first-order valence-corrected chi connectivity index (χ1v) is 11.8. The van der Waals surface area contributed by atoms with Crippen molar-refractivity contribution in [2.24, 2.45) is 10.2 Å². The van der Waals surface area contributed by atoms with E-state index in [4.69, 9.17) is 10.5 Å². The summed E-state index contributed by atoms with van der Waals surface area (Å²) in [6, 6.07) is 13.2. The van der Waals surface area contributed by atoms with Crippen molar-refractivity contribution in [1.29, 1.82) is 0 Å². The molecule has 0 spiro atoms. The molecule has 1 aromatic heterocycles. The standard InChI is InChI=1S/C22H18F3N5O3S/c1-34(31,32)21-27-19(26)12-20(28-21)33-17-7-5-14(6-8-17)18-11-16(29-30-18)10-13-3-2-4-15(9-13)22(23,24)25/h2-9,12H,10-11H2,1H3,(H2,26,27,28). The Morgan fingerprint density at radius 3 is 2.44 bits per heavy atom. The first-order valence-electron chi connectivity index (χ1n) is 9.89. The van der Waals surface area contributed by atoms with Crippen LogP contribution in [0, 0.1) is 0 Å². The molecule has 0 fully saturated rings. The molecule has 8 nitrogen and oxygen atoms in total. The van der Waals surface area contributed by atoms with Gasteiger partial charge in [-0.05, 0) is 41.5 Å². The highest BCUT2D eigenvalue weighted by Gasteiger charge is 2.30. The maximum atomic E-state index is 12.9. The minimum absolute atomic E-state index is 0.0226.